The molecule has 1 fully saturated rings. The number of hydrogen-bond acceptors (Lipinski definition) is 7. The van der Waals surface area contributed by atoms with Gasteiger partial charge >= 0.3 is 5.69 Å². The number of methoxy groups -OCH3 is 1. The molecule has 0 bridgehead atoms. The van der Waals surface area contributed by atoms with Gasteiger partial charge in [-0.1, -0.05) is 0 Å². The zero-order valence-electron chi connectivity index (χ0n) is 16.8. The highest BCUT2D eigenvalue weighted by atomic mass is 16.5. The van der Waals surface area contributed by atoms with Crippen LogP contribution in [0.5, 0.6) is 5.75 Å². The Bertz CT molecular complexity index is 1180. The van der Waals surface area contributed by atoms with Crippen molar-refractivity contribution in [2.24, 2.45) is 17.8 Å². The van der Waals surface area contributed by atoms with E-state index in [0.717, 1.165) is 33.1 Å². The molecular weight excluding hydrogens is 372 g/mol. The van der Waals surface area contributed by atoms with Gasteiger partial charge in [-0.05, 0) is 6.07 Å². The summed E-state index contributed by atoms with van der Waals surface area (Å²) >= 11 is 0. The van der Waals surface area contributed by atoms with E-state index in [1.165, 1.54) is 6.20 Å². The van der Waals surface area contributed by atoms with Crippen LogP contribution >= 0.6 is 0 Å². The van der Waals surface area contributed by atoms with Crippen molar-refractivity contribution in [2.75, 3.05) is 45.5 Å². The van der Waals surface area contributed by atoms with Gasteiger partial charge in [0, 0.05) is 49.1 Å². The highest BCUT2D eigenvalue weighted by molar-refractivity contribution is 6.13. The van der Waals surface area contributed by atoms with Crippen LogP contribution in [0.25, 0.3) is 27.5 Å². The van der Waals surface area contributed by atoms with Crippen LogP contribution in [0, 0.1) is 0 Å². The van der Waals surface area contributed by atoms with Crippen molar-refractivity contribution in [2.45, 2.75) is 0 Å². The maximum atomic E-state index is 13.1. The minimum absolute atomic E-state index is 0.113. The molecule has 0 aliphatic carbocycles. The first-order valence-electron chi connectivity index (χ1n) is 9.36. The van der Waals surface area contributed by atoms with E-state index in [1.54, 1.807) is 42.9 Å². The molecule has 4 rings (SSSR count). The number of aromatic nitrogens is 3. The van der Waals surface area contributed by atoms with Crippen LogP contribution < -0.4 is 21.2 Å². The summed E-state index contributed by atoms with van der Waals surface area (Å²) in [6, 6.07) is 3.82. The second-order valence-electron chi connectivity index (χ2n) is 6.79. The molecule has 3 aromatic rings. The van der Waals surface area contributed by atoms with Crippen LogP contribution in [0.1, 0.15) is 5.56 Å². The Morgan fingerprint density at radius 2 is 2.10 bits per heavy atom. The number of allylic oxidation sites excluding steroid dienone is 1. The lowest BCUT2D eigenvalue weighted by molar-refractivity contribution is 0.111. The second-order valence-corrected chi connectivity index (χ2v) is 6.79. The fourth-order valence-corrected chi connectivity index (χ4v) is 3.76. The first kappa shape index (κ1) is 19.0. The normalized spacial score (nSPS) is 15.7. The minimum atomic E-state index is -0.113. The van der Waals surface area contributed by atoms with Crippen molar-refractivity contribution in [1.29, 1.82) is 0 Å². The lowest BCUT2D eigenvalue weighted by Gasteiger charge is -2.29. The molecule has 29 heavy (non-hydrogen) atoms. The van der Waals surface area contributed by atoms with Gasteiger partial charge in [-0.15, -0.1) is 0 Å². The van der Waals surface area contributed by atoms with Crippen molar-refractivity contribution in [3.05, 3.63) is 40.6 Å². The van der Waals surface area contributed by atoms with Crippen LogP contribution in [0.15, 0.2) is 34.3 Å². The van der Waals surface area contributed by atoms with E-state index >= 15 is 0 Å². The van der Waals surface area contributed by atoms with Gasteiger partial charge in [0.1, 0.15) is 11.3 Å². The molecule has 1 aromatic carbocycles. The Labute approximate surface area is 167 Å². The average molecular weight is 396 g/mol. The average Bonchev–Trinajstić information content (AvgIpc) is 3.02. The molecule has 9 heteroatoms. The number of hydrogen-bond donors (Lipinski definition) is 1. The number of nitrogens with two attached hydrogens (primary N) is 1. The number of benzene rings is 1. The molecule has 9 nitrogen and oxygen atoms in total. The van der Waals surface area contributed by atoms with Gasteiger partial charge in [-0.3, -0.25) is 14.5 Å². The van der Waals surface area contributed by atoms with Crippen molar-refractivity contribution >= 4 is 33.7 Å². The molecule has 2 N–H and O–H groups in total. The number of rotatable bonds is 4. The van der Waals surface area contributed by atoms with Crippen LogP contribution in [-0.4, -0.2) is 60.9 Å². The third kappa shape index (κ3) is 3.03. The van der Waals surface area contributed by atoms with E-state index in [-0.39, 0.29) is 5.69 Å². The number of aliphatic imine (C=N–C) groups is 1. The Balaban J connectivity index is 2.08. The first-order valence-corrected chi connectivity index (χ1v) is 9.36. The Morgan fingerprint density at radius 3 is 2.76 bits per heavy atom. The summed E-state index contributed by atoms with van der Waals surface area (Å²) in [7, 11) is 5.05. The predicted molar refractivity (Wildman–Crippen MR) is 114 cm³/mol. The van der Waals surface area contributed by atoms with Gasteiger partial charge in [0.25, 0.3) is 0 Å². The van der Waals surface area contributed by atoms with E-state index < -0.39 is 0 Å². The summed E-state index contributed by atoms with van der Waals surface area (Å²) in [6.45, 7) is 2.44. The number of fused-ring (bicyclic) bond motifs is 3. The van der Waals surface area contributed by atoms with Crippen molar-refractivity contribution in [3.63, 3.8) is 0 Å². The molecule has 0 saturated carbocycles. The van der Waals surface area contributed by atoms with E-state index in [4.69, 9.17) is 15.2 Å². The maximum absolute atomic E-state index is 13.1. The summed E-state index contributed by atoms with van der Waals surface area (Å²) in [6.07, 6.45) is 4.89. The Morgan fingerprint density at radius 1 is 1.34 bits per heavy atom. The molecule has 3 heterocycles. The minimum Gasteiger partial charge on any atom is -0.496 e. The zero-order valence-corrected chi connectivity index (χ0v) is 16.8. The van der Waals surface area contributed by atoms with Crippen molar-refractivity contribution in [1.82, 2.24) is 14.2 Å². The molecule has 1 aliphatic rings. The highest BCUT2D eigenvalue weighted by Gasteiger charge is 2.22. The molecule has 152 valence electrons. The molecule has 1 aliphatic heterocycles. The van der Waals surface area contributed by atoms with Crippen LogP contribution in [0.4, 0.5) is 0 Å². The number of nitrogens with zero attached hydrogens (tertiary/aromatic N) is 5. The third-order valence-electron chi connectivity index (χ3n) is 5.21. The molecule has 1 saturated heterocycles. The van der Waals surface area contributed by atoms with Gasteiger partial charge in [0.15, 0.2) is 0 Å². The topological polar surface area (TPSA) is 99.9 Å². The number of imidazole rings is 1. The molecule has 2 aromatic heterocycles. The quantitative estimate of drug-likeness (QED) is 0.657. The van der Waals surface area contributed by atoms with Crippen LogP contribution in [-0.2, 0) is 11.8 Å². The number of pyridine rings is 1. The molecule has 0 radical (unpaired) electrons. The SMILES string of the molecule is CN=CC(=CN)c1cc2c(cc1OC)ncc1c2n(N2CCOCC2)c(=O)n1C. The first-order chi connectivity index (χ1) is 14.1. The predicted octanol–water partition coefficient (Wildman–Crippen LogP) is 0.865. The number of morpholine rings is 1. The number of ether oxygens (including phenoxy) is 2. The lowest BCUT2D eigenvalue weighted by atomic mass is 10.0. The maximum Gasteiger partial charge on any atom is 0.347 e. The molecule has 0 spiro atoms. The molecule has 0 amide bonds. The Kier molecular flexibility index (Phi) is 4.98. The highest BCUT2D eigenvalue weighted by Crippen LogP contribution is 2.33. The second kappa shape index (κ2) is 7.59. The summed E-state index contributed by atoms with van der Waals surface area (Å²) in [4.78, 5) is 21.7. The van der Waals surface area contributed by atoms with E-state index in [2.05, 4.69) is 9.98 Å². The fraction of sp³-hybridized carbons (Fsp3) is 0.350. The summed E-state index contributed by atoms with van der Waals surface area (Å²) in [5, 5.41) is 2.86. The monoisotopic (exact) mass is 396 g/mol. The molecule has 0 atom stereocenters. The van der Waals surface area contributed by atoms with E-state index in [0.29, 0.717) is 32.1 Å². The van der Waals surface area contributed by atoms with Crippen molar-refractivity contribution in [3.8, 4) is 5.75 Å². The van der Waals surface area contributed by atoms with E-state index in [9.17, 15) is 4.79 Å². The summed E-state index contributed by atoms with van der Waals surface area (Å²) in [5.41, 5.74) is 9.53. The van der Waals surface area contributed by atoms with Crippen LogP contribution in [0.3, 0.4) is 0 Å². The van der Waals surface area contributed by atoms with Gasteiger partial charge in [0.05, 0.1) is 50.6 Å². The largest absolute Gasteiger partial charge is 0.496 e. The van der Waals surface area contributed by atoms with Gasteiger partial charge in [-0.2, -0.15) is 0 Å². The van der Waals surface area contributed by atoms with E-state index in [1.807, 2.05) is 17.1 Å². The van der Waals surface area contributed by atoms with Crippen molar-refractivity contribution < 1.29 is 9.47 Å². The molecule has 0 unspecified atom stereocenters. The standard InChI is InChI=1S/C20H24N6O3/c1-22-11-13(10-21)14-8-15-16(9-18(14)28-3)23-12-17-19(15)26(20(27)24(17)2)25-4-6-29-7-5-25/h8-12H,4-7,21H2,1-3H3. The smallest absolute Gasteiger partial charge is 0.347 e. The van der Waals surface area contributed by atoms with Gasteiger partial charge in [0.2, 0.25) is 0 Å². The molecular formula is C20H24N6O3. The third-order valence-corrected chi connectivity index (χ3v) is 5.21. The van der Waals surface area contributed by atoms with Gasteiger partial charge < -0.3 is 20.2 Å². The van der Waals surface area contributed by atoms with Gasteiger partial charge in [-0.25, -0.2) is 9.47 Å². The Hall–Kier alpha value is -3.33. The van der Waals surface area contributed by atoms with Crippen LogP contribution in [0.2, 0.25) is 0 Å². The summed E-state index contributed by atoms with van der Waals surface area (Å²) < 4.78 is 14.4. The summed E-state index contributed by atoms with van der Waals surface area (Å²) in [5.74, 6) is 0.636. The lowest BCUT2D eigenvalue weighted by Crippen LogP contribution is -2.48. The number of aryl methyl sites for hydroxylation is 1. The zero-order chi connectivity index (χ0) is 20.5. The fourth-order valence-electron chi connectivity index (χ4n) is 3.76.